The van der Waals surface area contributed by atoms with Gasteiger partial charge in [-0.2, -0.15) is 0 Å². The topological polar surface area (TPSA) is 68.0 Å². The van der Waals surface area contributed by atoms with Crippen LogP contribution in [-0.2, 0) is 4.79 Å². The third-order valence-corrected chi connectivity index (χ3v) is 4.95. The Kier molecular flexibility index (Phi) is 5.64. The number of aromatic nitrogens is 2. The molecule has 0 aliphatic rings. The monoisotopic (exact) mass is 387 g/mol. The third-order valence-electron chi connectivity index (χ3n) is 3.78. The number of thioether (sulfide) groups is 1. The van der Waals surface area contributed by atoms with Crippen molar-refractivity contribution in [2.75, 3.05) is 5.32 Å². The molecular weight excluding hydrogens is 370 g/mol. The van der Waals surface area contributed by atoms with E-state index in [1.54, 1.807) is 19.1 Å². The summed E-state index contributed by atoms with van der Waals surface area (Å²) in [7, 11) is 0. The van der Waals surface area contributed by atoms with Gasteiger partial charge in [0.25, 0.3) is 5.22 Å². The molecule has 0 radical (unpaired) electrons. The van der Waals surface area contributed by atoms with E-state index >= 15 is 0 Å². The van der Waals surface area contributed by atoms with Gasteiger partial charge in [-0.3, -0.25) is 4.79 Å². The lowest BCUT2D eigenvalue weighted by Crippen LogP contribution is -2.22. The standard InChI is InChI=1S/C19H18ClN3O2S/c1-11-7-8-12(2)16(9-11)21-17(24)13(3)26-19-23-22-18(25-19)14-5-4-6-15(20)10-14/h4-10,13H,1-3H3,(H,21,24). The molecule has 1 amide bonds. The average molecular weight is 388 g/mol. The SMILES string of the molecule is Cc1ccc(C)c(NC(=O)C(C)Sc2nnc(-c3cccc(Cl)c3)o2)c1. The van der Waals surface area contributed by atoms with Crippen molar-refractivity contribution in [3.05, 3.63) is 58.6 Å². The molecule has 7 heteroatoms. The molecule has 0 spiro atoms. The summed E-state index contributed by atoms with van der Waals surface area (Å²) in [5.41, 5.74) is 3.66. The van der Waals surface area contributed by atoms with E-state index in [9.17, 15) is 4.79 Å². The van der Waals surface area contributed by atoms with E-state index < -0.39 is 0 Å². The fraction of sp³-hybridized carbons (Fsp3) is 0.211. The van der Waals surface area contributed by atoms with Gasteiger partial charge >= 0.3 is 0 Å². The molecule has 5 nitrogen and oxygen atoms in total. The van der Waals surface area contributed by atoms with Crippen molar-refractivity contribution in [1.29, 1.82) is 0 Å². The van der Waals surface area contributed by atoms with E-state index in [1.807, 2.05) is 44.2 Å². The largest absolute Gasteiger partial charge is 0.411 e. The fourth-order valence-electron chi connectivity index (χ4n) is 2.31. The molecule has 0 saturated heterocycles. The van der Waals surface area contributed by atoms with E-state index in [0.717, 1.165) is 22.4 Å². The minimum Gasteiger partial charge on any atom is -0.411 e. The van der Waals surface area contributed by atoms with E-state index in [-0.39, 0.29) is 11.2 Å². The summed E-state index contributed by atoms with van der Waals surface area (Å²) in [6.45, 7) is 5.75. The van der Waals surface area contributed by atoms with E-state index in [2.05, 4.69) is 15.5 Å². The first kappa shape index (κ1) is 18.5. The number of rotatable bonds is 5. The lowest BCUT2D eigenvalue weighted by atomic mass is 10.1. The van der Waals surface area contributed by atoms with Crippen LogP contribution in [0.4, 0.5) is 5.69 Å². The number of hydrogen-bond acceptors (Lipinski definition) is 5. The second kappa shape index (κ2) is 7.93. The molecule has 0 saturated carbocycles. The van der Waals surface area contributed by atoms with Crippen molar-refractivity contribution >= 4 is 35.0 Å². The van der Waals surface area contributed by atoms with Crippen LogP contribution in [-0.4, -0.2) is 21.4 Å². The molecule has 26 heavy (non-hydrogen) atoms. The Morgan fingerprint density at radius 2 is 2.00 bits per heavy atom. The van der Waals surface area contributed by atoms with Gasteiger partial charge in [-0.25, -0.2) is 0 Å². The van der Waals surface area contributed by atoms with Gasteiger partial charge in [0, 0.05) is 16.3 Å². The van der Waals surface area contributed by atoms with Crippen LogP contribution in [0.1, 0.15) is 18.1 Å². The molecular formula is C19H18ClN3O2S. The van der Waals surface area contributed by atoms with Crippen LogP contribution in [0, 0.1) is 13.8 Å². The van der Waals surface area contributed by atoms with Gasteiger partial charge < -0.3 is 9.73 Å². The zero-order valence-electron chi connectivity index (χ0n) is 14.6. The van der Waals surface area contributed by atoms with E-state index in [1.165, 1.54) is 11.8 Å². The Bertz CT molecular complexity index is 942. The molecule has 3 rings (SSSR count). The van der Waals surface area contributed by atoms with Crippen molar-refractivity contribution in [3.63, 3.8) is 0 Å². The van der Waals surface area contributed by atoms with Crippen LogP contribution in [0.15, 0.2) is 52.1 Å². The number of aryl methyl sites for hydroxylation is 2. The first-order chi connectivity index (χ1) is 12.4. The van der Waals surface area contributed by atoms with E-state index in [4.69, 9.17) is 16.0 Å². The number of hydrogen-bond donors (Lipinski definition) is 1. The van der Waals surface area contributed by atoms with Crippen LogP contribution >= 0.6 is 23.4 Å². The molecule has 1 N–H and O–H groups in total. The maximum absolute atomic E-state index is 12.5. The summed E-state index contributed by atoms with van der Waals surface area (Å²) >= 11 is 7.20. The normalized spacial score (nSPS) is 12.0. The number of nitrogens with one attached hydrogen (secondary N) is 1. The average Bonchev–Trinajstić information content (AvgIpc) is 3.06. The number of halogens is 1. The molecule has 1 unspecified atom stereocenters. The predicted octanol–water partition coefficient (Wildman–Crippen LogP) is 5.13. The Morgan fingerprint density at radius 3 is 2.77 bits per heavy atom. The van der Waals surface area contributed by atoms with E-state index in [0.29, 0.717) is 16.1 Å². The highest BCUT2D eigenvalue weighted by Crippen LogP contribution is 2.28. The van der Waals surface area contributed by atoms with Crippen molar-refractivity contribution in [1.82, 2.24) is 10.2 Å². The third kappa shape index (κ3) is 4.45. The quantitative estimate of drug-likeness (QED) is 0.615. The van der Waals surface area contributed by atoms with Crippen molar-refractivity contribution in [3.8, 4) is 11.5 Å². The highest BCUT2D eigenvalue weighted by molar-refractivity contribution is 8.00. The summed E-state index contributed by atoms with van der Waals surface area (Å²) < 4.78 is 5.64. The Morgan fingerprint density at radius 1 is 1.19 bits per heavy atom. The second-order valence-corrected chi connectivity index (χ2v) is 7.68. The van der Waals surface area contributed by atoms with Gasteiger partial charge in [0.2, 0.25) is 11.8 Å². The molecule has 134 valence electrons. The van der Waals surface area contributed by atoms with Crippen molar-refractivity contribution < 1.29 is 9.21 Å². The van der Waals surface area contributed by atoms with Crippen LogP contribution < -0.4 is 5.32 Å². The number of nitrogens with zero attached hydrogens (tertiary/aromatic N) is 2. The Balaban J connectivity index is 1.67. The lowest BCUT2D eigenvalue weighted by Gasteiger charge is -2.12. The van der Waals surface area contributed by atoms with Crippen LogP contribution in [0.3, 0.4) is 0 Å². The van der Waals surface area contributed by atoms with Crippen molar-refractivity contribution in [2.45, 2.75) is 31.2 Å². The molecule has 0 bridgehead atoms. The maximum atomic E-state index is 12.5. The number of carbonyl (C=O) groups is 1. The number of benzene rings is 2. The van der Waals surface area contributed by atoms with Gasteiger partial charge in [0.15, 0.2) is 0 Å². The molecule has 1 aromatic heterocycles. The zero-order valence-corrected chi connectivity index (χ0v) is 16.2. The summed E-state index contributed by atoms with van der Waals surface area (Å²) in [5, 5.41) is 11.5. The molecule has 0 aliphatic heterocycles. The fourth-order valence-corrected chi connectivity index (χ4v) is 3.18. The summed E-state index contributed by atoms with van der Waals surface area (Å²) in [5.74, 6) is 0.253. The second-order valence-electron chi connectivity index (χ2n) is 5.95. The predicted molar refractivity (Wildman–Crippen MR) is 105 cm³/mol. The molecule has 2 aromatic carbocycles. The van der Waals surface area contributed by atoms with Crippen LogP contribution in [0.25, 0.3) is 11.5 Å². The molecule has 1 atom stereocenters. The minimum atomic E-state index is -0.387. The maximum Gasteiger partial charge on any atom is 0.277 e. The smallest absolute Gasteiger partial charge is 0.277 e. The van der Waals surface area contributed by atoms with Crippen LogP contribution in [0.5, 0.6) is 0 Å². The van der Waals surface area contributed by atoms with Gasteiger partial charge in [-0.1, -0.05) is 41.6 Å². The lowest BCUT2D eigenvalue weighted by molar-refractivity contribution is -0.115. The summed E-state index contributed by atoms with van der Waals surface area (Å²) in [6, 6.07) is 13.1. The highest BCUT2D eigenvalue weighted by atomic mass is 35.5. The highest BCUT2D eigenvalue weighted by Gasteiger charge is 2.19. The summed E-state index contributed by atoms with van der Waals surface area (Å²) in [6.07, 6.45) is 0. The van der Waals surface area contributed by atoms with Crippen molar-refractivity contribution in [2.24, 2.45) is 0 Å². The first-order valence-electron chi connectivity index (χ1n) is 8.06. The summed E-state index contributed by atoms with van der Waals surface area (Å²) in [4.78, 5) is 12.5. The Labute approximate surface area is 161 Å². The van der Waals surface area contributed by atoms with Crippen LogP contribution in [0.2, 0.25) is 5.02 Å². The first-order valence-corrected chi connectivity index (χ1v) is 9.32. The number of amides is 1. The molecule has 1 heterocycles. The number of carbonyl (C=O) groups excluding carboxylic acids is 1. The van der Waals surface area contributed by atoms with Gasteiger partial charge in [0.05, 0.1) is 5.25 Å². The zero-order chi connectivity index (χ0) is 18.7. The molecule has 0 fully saturated rings. The molecule has 0 aliphatic carbocycles. The molecule has 3 aromatic rings. The Hall–Kier alpha value is -2.31. The minimum absolute atomic E-state index is 0.119. The van der Waals surface area contributed by atoms with Gasteiger partial charge in [-0.05, 0) is 56.2 Å². The van der Waals surface area contributed by atoms with Gasteiger partial charge in [0.1, 0.15) is 0 Å². The van der Waals surface area contributed by atoms with Gasteiger partial charge in [-0.15, -0.1) is 10.2 Å². The number of anilines is 1.